The number of anilines is 1. The van der Waals surface area contributed by atoms with Gasteiger partial charge in [-0.15, -0.1) is 11.3 Å². The maximum absolute atomic E-state index is 4.63. The fourth-order valence-electron chi connectivity index (χ4n) is 2.82. The van der Waals surface area contributed by atoms with Gasteiger partial charge in [-0.2, -0.15) is 0 Å². The molecule has 3 nitrogen and oxygen atoms in total. The van der Waals surface area contributed by atoms with E-state index < -0.39 is 0 Å². The SMILES string of the molecule is CCCC1CCCN(c2ncc(C(C)NC)s2)CC1. The molecule has 1 fully saturated rings. The Labute approximate surface area is 121 Å². The monoisotopic (exact) mass is 281 g/mol. The molecule has 108 valence electrons. The molecular formula is C15H27N3S. The number of aromatic nitrogens is 1. The molecule has 2 rings (SSSR count). The summed E-state index contributed by atoms with van der Waals surface area (Å²) in [6, 6.07) is 0.408. The second-order valence-corrected chi connectivity index (χ2v) is 6.67. The normalized spacial score (nSPS) is 22.3. The van der Waals surface area contributed by atoms with Crippen molar-refractivity contribution in [2.75, 3.05) is 25.0 Å². The Morgan fingerprint density at radius 2 is 2.32 bits per heavy atom. The zero-order chi connectivity index (χ0) is 13.7. The Bertz CT molecular complexity index is 377. The predicted molar refractivity (Wildman–Crippen MR) is 84.1 cm³/mol. The average Bonchev–Trinajstić information content (AvgIpc) is 2.80. The standard InChI is InChI=1S/C15H27N3S/c1-4-6-13-7-5-9-18(10-8-13)15-17-11-14(19-15)12(2)16-3/h11-13,16H,4-10H2,1-3H3. The fraction of sp³-hybridized carbons (Fsp3) is 0.800. The van der Waals surface area contributed by atoms with Crippen LogP contribution in [-0.2, 0) is 0 Å². The molecule has 4 heteroatoms. The Morgan fingerprint density at radius 3 is 3.05 bits per heavy atom. The van der Waals surface area contributed by atoms with E-state index in [0.717, 1.165) is 5.92 Å². The van der Waals surface area contributed by atoms with E-state index in [-0.39, 0.29) is 0 Å². The van der Waals surface area contributed by atoms with Crippen LogP contribution in [0.15, 0.2) is 6.20 Å². The molecule has 1 aliphatic heterocycles. The first kappa shape index (κ1) is 14.8. The molecule has 0 amide bonds. The number of hydrogen-bond donors (Lipinski definition) is 1. The van der Waals surface area contributed by atoms with Gasteiger partial charge in [-0.3, -0.25) is 0 Å². The van der Waals surface area contributed by atoms with Crippen molar-refractivity contribution in [2.45, 2.75) is 52.0 Å². The minimum atomic E-state index is 0.408. The molecule has 2 heterocycles. The molecule has 0 saturated carbocycles. The van der Waals surface area contributed by atoms with E-state index >= 15 is 0 Å². The van der Waals surface area contributed by atoms with E-state index in [2.05, 4.69) is 29.0 Å². The molecule has 1 saturated heterocycles. The van der Waals surface area contributed by atoms with Crippen molar-refractivity contribution in [3.63, 3.8) is 0 Å². The largest absolute Gasteiger partial charge is 0.348 e. The van der Waals surface area contributed by atoms with Gasteiger partial charge in [0, 0.05) is 30.2 Å². The molecule has 0 aliphatic carbocycles. The minimum absolute atomic E-state index is 0.408. The summed E-state index contributed by atoms with van der Waals surface area (Å²) >= 11 is 1.85. The molecule has 19 heavy (non-hydrogen) atoms. The van der Waals surface area contributed by atoms with Crippen LogP contribution in [0.4, 0.5) is 5.13 Å². The number of hydrogen-bond acceptors (Lipinski definition) is 4. The van der Waals surface area contributed by atoms with Crippen molar-refractivity contribution in [3.05, 3.63) is 11.1 Å². The summed E-state index contributed by atoms with van der Waals surface area (Å²) in [6.45, 7) is 6.86. The molecule has 1 aliphatic rings. The quantitative estimate of drug-likeness (QED) is 0.889. The number of rotatable bonds is 5. The highest BCUT2D eigenvalue weighted by atomic mass is 32.1. The van der Waals surface area contributed by atoms with Crippen LogP contribution in [0.1, 0.15) is 56.9 Å². The third kappa shape index (κ3) is 3.93. The van der Waals surface area contributed by atoms with Gasteiger partial charge >= 0.3 is 0 Å². The highest BCUT2D eigenvalue weighted by Crippen LogP contribution is 2.30. The van der Waals surface area contributed by atoms with Crippen LogP contribution in [0.25, 0.3) is 0 Å². The van der Waals surface area contributed by atoms with E-state index in [9.17, 15) is 0 Å². The smallest absolute Gasteiger partial charge is 0.185 e. The third-order valence-corrected chi connectivity index (χ3v) is 5.43. The molecule has 2 atom stereocenters. The van der Waals surface area contributed by atoms with Crippen molar-refractivity contribution in [2.24, 2.45) is 5.92 Å². The number of nitrogens with zero attached hydrogens (tertiary/aromatic N) is 2. The number of nitrogens with one attached hydrogen (secondary N) is 1. The van der Waals surface area contributed by atoms with Crippen molar-refractivity contribution in [1.82, 2.24) is 10.3 Å². The van der Waals surface area contributed by atoms with E-state index in [4.69, 9.17) is 0 Å². The second kappa shape index (κ2) is 7.25. The summed E-state index contributed by atoms with van der Waals surface area (Å²) in [5, 5.41) is 4.50. The van der Waals surface area contributed by atoms with Gasteiger partial charge in [0.15, 0.2) is 5.13 Å². The predicted octanol–water partition coefficient (Wildman–Crippen LogP) is 3.83. The summed E-state index contributed by atoms with van der Waals surface area (Å²) in [6.07, 6.45) is 8.82. The molecule has 1 aromatic heterocycles. The van der Waals surface area contributed by atoms with Crippen molar-refractivity contribution < 1.29 is 0 Å². The molecular weight excluding hydrogens is 254 g/mol. The van der Waals surface area contributed by atoms with Crippen LogP contribution >= 0.6 is 11.3 Å². The van der Waals surface area contributed by atoms with Crippen LogP contribution in [0.2, 0.25) is 0 Å². The summed E-state index contributed by atoms with van der Waals surface area (Å²) < 4.78 is 0. The van der Waals surface area contributed by atoms with Crippen LogP contribution < -0.4 is 10.2 Å². The van der Waals surface area contributed by atoms with E-state index in [1.165, 1.54) is 55.2 Å². The molecule has 1 N–H and O–H groups in total. The summed E-state index contributed by atoms with van der Waals surface area (Å²) in [7, 11) is 2.01. The Kier molecular flexibility index (Phi) is 5.64. The number of thiazole rings is 1. The molecule has 0 bridgehead atoms. The van der Waals surface area contributed by atoms with E-state index in [0.29, 0.717) is 6.04 Å². The van der Waals surface area contributed by atoms with Crippen LogP contribution in [0.5, 0.6) is 0 Å². The van der Waals surface area contributed by atoms with Gasteiger partial charge in [-0.25, -0.2) is 4.98 Å². The van der Waals surface area contributed by atoms with Gasteiger partial charge in [-0.05, 0) is 39.2 Å². The molecule has 1 aromatic rings. The van der Waals surface area contributed by atoms with Crippen LogP contribution in [-0.4, -0.2) is 25.1 Å². The molecule has 0 radical (unpaired) electrons. The lowest BCUT2D eigenvalue weighted by molar-refractivity contribution is 0.435. The summed E-state index contributed by atoms with van der Waals surface area (Å²) in [5.74, 6) is 0.936. The van der Waals surface area contributed by atoms with Crippen molar-refractivity contribution in [1.29, 1.82) is 0 Å². The summed E-state index contributed by atoms with van der Waals surface area (Å²) in [4.78, 5) is 8.46. The highest BCUT2D eigenvalue weighted by Gasteiger charge is 2.19. The highest BCUT2D eigenvalue weighted by molar-refractivity contribution is 7.15. The topological polar surface area (TPSA) is 28.2 Å². The maximum Gasteiger partial charge on any atom is 0.185 e. The fourth-order valence-corrected chi connectivity index (χ4v) is 3.85. The summed E-state index contributed by atoms with van der Waals surface area (Å²) in [5.41, 5.74) is 0. The Balaban J connectivity index is 1.96. The molecule has 0 aromatic carbocycles. The van der Waals surface area contributed by atoms with Crippen LogP contribution in [0.3, 0.4) is 0 Å². The lowest BCUT2D eigenvalue weighted by Gasteiger charge is -2.19. The first-order valence-electron chi connectivity index (χ1n) is 7.62. The van der Waals surface area contributed by atoms with Gasteiger partial charge < -0.3 is 10.2 Å². The van der Waals surface area contributed by atoms with Gasteiger partial charge in [0.1, 0.15) is 0 Å². The lowest BCUT2D eigenvalue weighted by Crippen LogP contribution is -2.23. The Morgan fingerprint density at radius 1 is 1.47 bits per heavy atom. The minimum Gasteiger partial charge on any atom is -0.348 e. The Hall–Kier alpha value is -0.610. The van der Waals surface area contributed by atoms with Gasteiger partial charge in [-0.1, -0.05) is 19.8 Å². The van der Waals surface area contributed by atoms with Crippen LogP contribution in [0, 0.1) is 5.92 Å². The van der Waals surface area contributed by atoms with Gasteiger partial charge in [0.2, 0.25) is 0 Å². The first-order chi connectivity index (χ1) is 9.24. The molecule has 2 unspecified atom stereocenters. The van der Waals surface area contributed by atoms with E-state index in [1.807, 2.05) is 24.6 Å². The first-order valence-corrected chi connectivity index (χ1v) is 8.44. The van der Waals surface area contributed by atoms with Crippen molar-refractivity contribution in [3.8, 4) is 0 Å². The zero-order valence-corrected chi connectivity index (χ0v) is 13.3. The average molecular weight is 281 g/mol. The zero-order valence-electron chi connectivity index (χ0n) is 12.5. The lowest BCUT2D eigenvalue weighted by atomic mass is 9.96. The maximum atomic E-state index is 4.63. The van der Waals surface area contributed by atoms with Gasteiger partial charge in [0.25, 0.3) is 0 Å². The van der Waals surface area contributed by atoms with Gasteiger partial charge in [0.05, 0.1) is 0 Å². The second-order valence-electron chi connectivity index (χ2n) is 5.63. The molecule has 0 spiro atoms. The van der Waals surface area contributed by atoms with Crippen molar-refractivity contribution >= 4 is 16.5 Å². The van der Waals surface area contributed by atoms with E-state index in [1.54, 1.807) is 0 Å². The third-order valence-electron chi connectivity index (χ3n) is 4.19.